The highest BCUT2D eigenvalue weighted by atomic mass is 16.4. The monoisotopic (exact) mass is 244 g/mol. The molecule has 0 radical (unpaired) electrons. The molecule has 0 fully saturated rings. The zero-order chi connectivity index (χ0) is 13.1. The maximum atomic E-state index is 11.1. The number of rotatable bonds is 4. The Morgan fingerprint density at radius 3 is 2.83 bits per heavy atom. The molecule has 0 saturated carbocycles. The van der Waals surface area contributed by atoms with Crippen molar-refractivity contribution in [2.24, 2.45) is 0 Å². The molecule has 1 aromatic carbocycles. The fraction of sp³-hybridized carbons (Fsp3) is 0.286. The highest BCUT2D eigenvalue weighted by molar-refractivity contribution is 5.91. The molecule has 0 aliphatic heterocycles. The lowest BCUT2D eigenvalue weighted by Gasteiger charge is -2.10. The SMILES string of the molecule is CCCn1nccc1-c1cccc(C(=O)O)c1C. The molecule has 1 heterocycles. The smallest absolute Gasteiger partial charge is 0.335 e. The largest absolute Gasteiger partial charge is 0.478 e. The average Bonchev–Trinajstić information content (AvgIpc) is 2.77. The molecule has 2 rings (SSSR count). The summed E-state index contributed by atoms with van der Waals surface area (Å²) in [6.07, 6.45) is 2.74. The number of hydrogen-bond donors (Lipinski definition) is 1. The van der Waals surface area contributed by atoms with E-state index in [4.69, 9.17) is 5.11 Å². The summed E-state index contributed by atoms with van der Waals surface area (Å²) in [5.74, 6) is -0.893. The summed E-state index contributed by atoms with van der Waals surface area (Å²) >= 11 is 0. The van der Waals surface area contributed by atoms with Gasteiger partial charge in [0.2, 0.25) is 0 Å². The molecule has 0 atom stereocenters. The van der Waals surface area contributed by atoms with Crippen LogP contribution in [0.5, 0.6) is 0 Å². The third-order valence-electron chi connectivity index (χ3n) is 2.99. The molecular formula is C14H16N2O2. The van der Waals surface area contributed by atoms with Crippen LogP contribution < -0.4 is 0 Å². The fourth-order valence-electron chi connectivity index (χ4n) is 2.10. The van der Waals surface area contributed by atoms with E-state index >= 15 is 0 Å². The predicted octanol–water partition coefficient (Wildman–Crippen LogP) is 2.97. The van der Waals surface area contributed by atoms with E-state index in [0.29, 0.717) is 5.56 Å². The van der Waals surface area contributed by atoms with Gasteiger partial charge >= 0.3 is 5.97 Å². The zero-order valence-corrected chi connectivity index (χ0v) is 10.6. The molecule has 0 aliphatic carbocycles. The van der Waals surface area contributed by atoms with Gasteiger partial charge in [0.15, 0.2) is 0 Å². The third-order valence-corrected chi connectivity index (χ3v) is 2.99. The number of benzene rings is 1. The van der Waals surface area contributed by atoms with E-state index in [9.17, 15) is 4.79 Å². The van der Waals surface area contributed by atoms with Crippen molar-refractivity contribution < 1.29 is 9.90 Å². The van der Waals surface area contributed by atoms with Crippen LogP contribution in [-0.4, -0.2) is 20.9 Å². The zero-order valence-electron chi connectivity index (χ0n) is 10.6. The van der Waals surface area contributed by atoms with Gasteiger partial charge < -0.3 is 5.11 Å². The van der Waals surface area contributed by atoms with Crippen LogP contribution in [0, 0.1) is 6.92 Å². The first-order valence-corrected chi connectivity index (χ1v) is 6.00. The number of hydrogen-bond acceptors (Lipinski definition) is 2. The highest BCUT2D eigenvalue weighted by Gasteiger charge is 2.13. The summed E-state index contributed by atoms with van der Waals surface area (Å²) in [5.41, 5.74) is 3.03. The molecule has 18 heavy (non-hydrogen) atoms. The van der Waals surface area contributed by atoms with E-state index in [0.717, 1.165) is 29.8 Å². The average molecular weight is 244 g/mol. The summed E-state index contributed by atoms with van der Waals surface area (Å²) in [6.45, 7) is 4.76. The first kappa shape index (κ1) is 12.4. The number of carboxylic acid groups (broad SMARTS) is 1. The van der Waals surface area contributed by atoms with Gasteiger partial charge in [-0.25, -0.2) is 4.79 Å². The van der Waals surface area contributed by atoms with Crippen LogP contribution in [-0.2, 0) is 6.54 Å². The van der Waals surface area contributed by atoms with Gasteiger partial charge in [-0.15, -0.1) is 0 Å². The summed E-state index contributed by atoms with van der Waals surface area (Å²) < 4.78 is 1.91. The molecule has 4 heteroatoms. The standard InChI is InChI=1S/C14H16N2O2/c1-3-9-16-13(7-8-15-16)11-5-4-6-12(10(11)2)14(17)18/h4-8H,3,9H2,1-2H3,(H,17,18). The molecule has 0 aliphatic rings. The Morgan fingerprint density at radius 2 is 2.17 bits per heavy atom. The van der Waals surface area contributed by atoms with Crippen molar-refractivity contribution in [1.82, 2.24) is 9.78 Å². The summed E-state index contributed by atoms with van der Waals surface area (Å²) in [6, 6.07) is 7.26. The second-order valence-electron chi connectivity index (χ2n) is 4.22. The normalized spacial score (nSPS) is 10.6. The molecule has 1 N–H and O–H groups in total. The Bertz CT molecular complexity index is 573. The Labute approximate surface area is 106 Å². The molecule has 0 saturated heterocycles. The van der Waals surface area contributed by atoms with Gasteiger partial charge in [-0.3, -0.25) is 4.68 Å². The second kappa shape index (κ2) is 5.04. The van der Waals surface area contributed by atoms with Crippen LogP contribution in [0.3, 0.4) is 0 Å². The third kappa shape index (κ3) is 2.14. The molecule has 2 aromatic rings. The Morgan fingerprint density at radius 1 is 1.39 bits per heavy atom. The van der Waals surface area contributed by atoms with Crippen molar-refractivity contribution in [3.63, 3.8) is 0 Å². The van der Waals surface area contributed by atoms with Gasteiger partial charge in [0.05, 0.1) is 11.3 Å². The van der Waals surface area contributed by atoms with Gasteiger partial charge in [0, 0.05) is 18.3 Å². The molecule has 0 amide bonds. The second-order valence-corrected chi connectivity index (χ2v) is 4.22. The van der Waals surface area contributed by atoms with E-state index in [1.54, 1.807) is 18.3 Å². The van der Waals surface area contributed by atoms with Gasteiger partial charge in [0.1, 0.15) is 0 Å². The quantitative estimate of drug-likeness (QED) is 0.899. The van der Waals surface area contributed by atoms with Crippen LogP contribution in [0.4, 0.5) is 0 Å². The number of aryl methyl sites for hydroxylation is 1. The maximum absolute atomic E-state index is 11.1. The van der Waals surface area contributed by atoms with Crippen LogP contribution in [0.1, 0.15) is 29.3 Å². The van der Waals surface area contributed by atoms with Gasteiger partial charge in [-0.05, 0) is 31.0 Å². The summed E-state index contributed by atoms with van der Waals surface area (Å²) in [5, 5.41) is 13.4. The summed E-state index contributed by atoms with van der Waals surface area (Å²) in [7, 11) is 0. The fourth-order valence-corrected chi connectivity index (χ4v) is 2.10. The molecule has 0 spiro atoms. The van der Waals surface area contributed by atoms with Crippen LogP contribution in [0.15, 0.2) is 30.5 Å². The Kier molecular flexibility index (Phi) is 3.46. The van der Waals surface area contributed by atoms with Gasteiger partial charge in [-0.1, -0.05) is 19.1 Å². The molecule has 1 aromatic heterocycles. The lowest BCUT2D eigenvalue weighted by molar-refractivity contribution is 0.0696. The van der Waals surface area contributed by atoms with Crippen molar-refractivity contribution in [3.8, 4) is 11.3 Å². The first-order valence-electron chi connectivity index (χ1n) is 6.00. The lowest BCUT2D eigenvalue weighted by Crippen LogP contribution is -2.05. The van der Waals surface area contributed by atoms with Crippen molar-refractivity contribution in [2.45, 2.75) is 26.8 Å². The topological polar surface area (TPSA) is 55.1 Å². The van der Waals surface area contributed by atoms with Crippen LogP contribution in [0.25, 0.3) is 11.3 Å². The van der Waals surface area contributed by atoms with Crippen molar-refractivity contribution in [1.29, 1.82) is 0 Å². The van der Waals surface area contributed by atoms with E-state index in [1.807, 2.05) is 23.7 Å². The van der Waals surface area contributed by atoms with Crippen molar-refractivity contribution >= 4 is 5.97 Å². The molecular weight excluding hydrogens is 228 g/mol. The van der Waals surface area contributed by atoms with Gasteiger partial charge in [0.25, 0.3) is 0 Å². The molecule has 0 unspecified atom stereocenters. The number of aromatic carboxylic acids is 1. The van der Waals surface area contributed by atoms with Crippen molar-refractivity contribution in [3.05, 3.63) is 41.6 Å². The van der Waals surface area contributed by atoms with Crippen LogP contribution >= 0.6 is 0 Å². The molecule has 0 bridgehead atoms. The van der Waals surface area contributed by atoms with E-state index in [2.05, 4.69) is 12.0 Å². The highest BCUT2D eigenvalue weighted by Crippen LogP contribution is 2.25. The minimum atomic E-state index is -0.893. The summed E-state index contributed by atoms with van der Waals surface area (Å²) in [4.78, 5) is 11.1. The minimum absolute atomic E-state index is 0.344. The molecule has 94 valence electrons. The van der Waals surface area contributed by atoms with Gasteiger partial charge in [-0.2, -0.15) is 5.10 Å². The Balaban J connectivity index is 2.54. The first-order chi connectivity index (χ1) is 8.65. The number of aromatic nitrogens is 2. The van der Waals surface area contributed by atoms with E-state index in [1.165, 1.54) is 0 Å². The van der Waals surface area contributed by atoms with E-state index < -0.39 is 5.97 Å². The molecule has 4 nitrogen and oxygen atoms in total. The predicted molar refractivity (Wildman–Crippen MR) is 69.7 cm³/mol. The Hall–Kier alpha value is -2.10. The minimum Gasteiger partial charge on any atom is -0.478 e. The number of nitrogens with zero attached hydrogens (tertiary/aromatic N) is 2. The number of carbonyl (C=O) groups is 1. The van der Waals surface area contributed by atoms with Crippen molar-refractivity contribution in [2.75, 3.05) is 0 Å². The maximum Gasteiger partial charge on any atom is 0.335 e. The van der Waals surface area contributed by atoms with E-state index in [-0.39, 0.29) is 0 Å². The lowest BCUT2D eigenvalue weighted by atomic mass is 10.00. The number of carboxylic acids is 1. The van der Waals surface area contributed by atoms with Crippen LogP contribution in [0.2, 0.25) is 0 Å².